The number of para-hydroxylation sites is 1. The molecule has 3 aromatic rings. The van der Waals surface area contributed by atoms with Gasteiger partial charge in [-0.3, -0.25) is 4.79 Å². The number of carbonyl (C=O) groups excluding carboxylic acids is 1. The Morgan fingerprint density at radius 3 is 2.32 bits per heavy atom. The molecular weight excluding hydrogens is 401 g/mol. The van der Waals surface area contributed by atoms with Gasteiger partial charge in [0.1, 0.15) is 35.0 Å². The van der Waals surface area contributed by atoms with E-state index >= 15 is 0 Å². The molecule has 0 radical (unpaired) electrons. The number of fused-ring (bicyclic) bond motifs is 1. The van der Waals surface area contributed by atoms with E-state index in [-0.39, 0.29) is 16.5 Å². The third-order valence-electron chi connectivity index (χ3n) is 3.81. The molecule has 0 saturated heterocycles. The van der Waals surface area contributed by atoms with Gasteiger partial charge in [0, 0.05) is 5.56 Å². The summed E-state index contributed by atoms with van der Waals surface area (Å²) in [7, 11) is -4.76. The maximum Gasteiger partial charge on any atom is 0.333 e. The monoisotopic (exact) mass is 412 g/mol. The number of hydrogen-bond acceptors (Lipinski definition) is 5. The van der Waals surface area contributed by atoms with Crippen molar-refractivity contribution >= 4 is 32.7 Å². The number of carbonyl (C=O) groups is 1. The van der Waals surface area contributed by atoms with E-state index < -0.39 is 49.5 Å². The van der Waals surface area contributed by atoms with E-state index in [0.717, 1.165) is 30.3 Å². The Bertz CT molecular complexity index is 1250. The van der Waals surface area contributed by atoms with Crippen molar-refractivity contribution in [3.8, 4) is 0 Å². The average Bonchev–Trinajstić information content (AvgIpc) is 2.61. The molecule has 7 nitrogen and oxygen atoms in total. The van der Waals surface area contributed by atoms with E-state index in [9.17, 15) is 31.2 Å². The summed E-state index contributed by atoms with van der Waals surface area (Å²) in [6.45, 7) is 1.34. The van der Waals surface area contributed by atoms with E-state index in [1.807, 2.05) is 0 Å². The van der Waals surface area contributed by atoms with Gasteiger partial charge in [-0.1, -0.05) is 6.07 Å². The fourth-order valence-electron chi connectivity index (χ4n) is 2.42. The molecule has 2 aromatic carbocycles. The second-order valence-electron chi connectivity index (χ2n) is 5.63. The lowest BCUT2D eigenvalue weighted by molar-refractivity contribution is 0.256. The normalized spacial score (nSPS) is 11.4. The molecule has 28 heavy (non-hydrogen) atoms. The number of nitrogens with one attached hydrogen (secondary N) is 2. The van der Waals surface area contributed by atoms with Crippen LogP contribution in [0.2, 0.25) is 0 Å². The summed E-state index contributed by atoms with van der Waals surface area (Å²) in [5.41, 5.74) is -2.06. The minimum Gasteiger partial charge on any atom is -0.462 e. The molecule has 2 amide bonds. The highest BCUT2D eigenvalue weighted by atomic mass is 32.2. The first-order chi connectivity index (χ1) is 13.1. The molecule has 0 fully saturated rings. The molecule has 0 aliphatic rings. The van der Waals surface area contributed by atoms with Crippen LogP contribution in [0.4, 0.5) is 23.7 Å². The summed E-state index contributed by atoms with van der Waals surface area (Å²) in [6, 6.07) is 3.26. The number of halogens is 3. The number of hydrogen-bond donors (Lipinski definition) is 2. The van der Waals surface area contributed by atoms with Gasteiger partial charge in [-0.2, -0.15) is 0 Å². The SMILES string of the molecule is Cc1c(F)ccc2c(=O)c(S(=O)(=O)NC(=O)Nc3c(F)cccc3F)coc12. The maximum atomic E-state index is 13.6. The lowest BCUT2D eigenvalue weighted by Gasteiger charge is -2.10. The van der Waals surface area contributed by atoms with Gasteiger partial charge in [0.25, 0.3) is 10.0 Å². The van der Waals surface area contributed by atoms with E-state index in [0.29, 0.717) is 6.26 Å². The smallest absolute Gasteiger partial charge is 0.333 e. The van der Waals surface area contributed by atoms with Gasteiger partial charge in [-0.25, -0.2) is 31.1 Å². The zero-order valence-corrected chi connectivity index (χ0v) is 14.9. The predicted octanol–water partition coefficient (Wildman–Crippen LogP) is 3.03. The van der Waals surface area contributed by atoms with Crippen LogP contribution in [0.1, 0.15) is 5.56 Å². The van der Waals surface area contributed by atoms with Crippen LogP contribution in [-0.2, 0) is 10.0 Å². The molecule has 0 saturated carbocycles. The highest BCUT2D eigenvalue weighted by Gasteiger charge is 2.25. The molecule has 3 rings (SSSR count). The summed E-state index contributed by atoms with van der Waals surface area (Å²) < 4.78 is 71.8. The molecule has 0 spiro atoms. The maximum absolute atomic E-state index is 13.6. The lowest BCUT2D eigenvalue weighted by atomic mass is 10.1. The van der Waals surface area contributed by atoms with Crippen LogP contribution in [0.25, 0.3) is 11.0 Å². The van der Waals surface area contributed by atoms with Gasteiger partial charge in [-0.05, 0) is 31.2 Å². The Hall–Kier alpha value is -3.34. The third kappa shape index (κ3) is 3.43. The summed E-state index contributed by atoms with van der Waals surface area (Å²) in [6.07, 6.45) is 0.552. The first-order valence-electron chi connectivity index (χ1n) is 7.60. The van der Waals surface area contributed by atoms with Crippen molar-refractivity contribution in [2.24, 2.45) is 0 Å². The van der Waals surface area contributed by atoms with Crippen LogP contribution in [-0.4, -0.2) is 14.4 Å². The van der Waals surface area contributed by atoms with Crippen LogP contribution in [0, 0.1) is 24.4 Å². The van der Waals surface area contributed by atoms with Crippen LogP contribution < -0.4 is 15.5 Å². The van der Waals surface area contributed by atoms with Gasteiger partial charge in [-0.15, -0.1) is 0 Å². The topological polar surface area (TPSA) is 105 Å². The Morgan fingerprint density at radius 1 is 1.04 bits per heavy atom. The van der Waals surface area contributed by atoms with Gasteiger partial charge >= 0.3 is 6.03 Å². The molecule has 1 aromatic heterocycles. The van der Waals surface area contributed by atoms with Crippen molar-refractivity contribution in [2.45, 2.75) is 11.8 Å². The molecule has 0 aliphatic heterocycles. The zero-order chi connectivity index (χ0) is 20.6. The third-order valence-corrected chi connectivity index (χ3v) is 5.12. The molecule has 0 aliphatic carbocycles. The van der Waals surface area contributed by atoms with Crippen LogP contribution in [0.3, 0.4) is 0 Å². The van der Waals surface area contributed by atoms with Crippen molar-refractivity contribution in [2.75, 3.05) is 5.32 Å². The Kier molecular flexibility index (Phi) is 4.86. The Morgan fingerprint density at radius 2 is 1.68 bits per heavy atom. The van der Waals surface area contributed by atoms with E-state index in [1.54, 1.807) is 5.32 Å². The zero-order valence-electron chi connectivity index (χ0n) is 14.0. The highest BCUT2D eigenvalue weighted by molar-refractivity contribution is 7.90. The van der Waals surface area contributed by atoms with Crippen LogP contribution >= 0.6 is 0 Å². The van der Waals surface area contributed by atoms with Gasteiger partial charge < -0.3 is 9.73 Å². The van der Waals surface area contributed by atoms with Crippen molar-refractivity contribution in [1.29, 1.82) is 0 Å². The van der Waals surface area contributed by atoms with Crippen molar-refractivity contribution in [1.82, 2.24) is 4.72 Å². The standard InChI is InChI=1S/C17H11F3N2O5S/c1-8-10(18)6-5-9-15(23)13(7-27-16(8)9)28(25,26)22-17(24)21-14-11(19)3-2-4-12(14)20/h2-7H,1H3,(H2,21,22,24). The average molecular weight is 412 g/mol. The molecule has 1 heterocycles. The molecule has 0 unspecified atom stereocenters. The van der Waals surface area contributed by atoms with Crippen LogP contribution in [0.5, 0.6) is 0 Å². The number of sulfonamides is 1. The van der Waals surface area contributed by atoms with Crippen molar-refractivity contribution in [3.05, 3.63) is 69.8 Å². The number of benzene rings is 2. The highest BCUT2D eigenvalue weighted by Crippen LogP contribution is 2.21. The number of aryl methyl sites for hydroxylation is 1. The minimum absolute atomic E-state index is 0.000668. The van der Waals surface area contributed by atoms with Crippen molar-refractivity contribution < 1.29 is 30.8 Å². The molecule has 2 N–H and O–H groups in total. The van der Waals surface area contributed by atoms with Crippen LogP contribution in [0.15, 0.2) is 50.7 Å². The van der Waals surface area contributed by atoms with Gasteiger partial charge in [0.15, 0.2) is 4.90 Å². The fourth-order valence-corrected chi connectivity index (χ4v) is 3.35. The Labute approximate surface area is 155 Å². The summed E-state index contributed by atoms with van der Waals surface area (Å²) in [4.78, 5) is 23.4. The summed E-state index contributed by atoms with van der Waals surface area (Å²) in [5.74, 6) is -2.92. The second-order valence-corrected chi connectivity index (χ2v) is 7.29. The first kappa shape index (κ1) is 19.4. The largest absolute Gasteiger partial charge is 0.462 e. The number of rotatable bonds is 3. The molecule has 146 valence electrons. The first-order valence-corrected chi connectivity index (χ1v) is 9.08. The molecular formula is C17H11F3N2O5S. The minimum atomic E-state index is -4.76. The van der Waals surface area contributed by atoms with E-state index in [1.165, 1.54) is 11.6 Å². The number of anilines is 1. The fraction of sp³-hybridized carbons (Fsp3) is 0.0588. The Balaban J connectivity index is 1.95. The van der Waals surface area contributed by atoms with E-state index in [4.69, 9.17) is 4.42 Å². The van der Waals surface area contributed by atoms with Gasteiger partial charge in [0.05, 0.1) is 5.39 Å². The molecule has 11 heteroatoms. The molecule has 0 atom stereocenters. The second kappa shape index (κ2) is 7.00. The summed E-state index contributed by atoms with van der Waals surface area (Å²) in [5, 5.41) is 1.50. The van der Waals surface area contributed by atoms with E-state index in [2.05, 4.69) is 0 Å². The number of amides is 2. The quantitative estimate of drug-likeness (QED) is 0.688. The predicted molar refractivity (Wildman–Crippen MR) is 92.9 cm³/mol. The summed E-state index contributed by atoms with van der Waals surface area (Å²) >= 11 is 0. The van der Waals surface area contributed by atoms with Gasteiger partial charge in [0.2, 0.25) is 5.43 Å². The number of urea groups is 1. The molecule has 0 bridgehead atoms. The van der Waals surface area contributed by atoms with Crippen molar-refractivity contribution in [3.63, 3.8) is 0 Å². The lowest BCUT2D eigenvalue weighted by Crippen LogP contribution is -2.37.